The molecule has 13 heavy (non-hydrogen) atoms. The number of amides is 1. The highest BCUT2D eigenvalue weighted by Gasteiger charge is 2.10. The van der Waals surface area contributed by atoms with Crippen molar-refractivity contribution < 1.29 is 9.21 Å². The quantitative estimate of drug-likeness (QED) is 0.606. The van der Waals surface area contributed by atoms with Crippen molar-refractivity contribution in [3.05, 3.63) is 24.2 Å². The van der Waals surface area contributed by atoms with Gasteiger partial charge in [-0.1, -0.05) is 0 Å². The molecule has 1 aromatic heterocycles. The van der Waals surface area contributed by atoms with Gasteiger partial charge in [0.05, 0.1) is 18.8 Å². The van der Waals surface area contributed by atoms with Crippen LogP contribution in [-0.2, 0) is 11.3 Å². The average Bonchev–Trinajstić information content (AvgIpc) is 2.65. The second-order valence-electron chi connectivity index (χ2n) is 2.59. The van der Waals surface area contributed by atoms with Crippen LogP contribution in [0.5, 0.6) is 0 Å². The van der Waals surface area contributed by atoms with Crippen LogP contribution in [0.4, 0.5) is 0 Å². The molecule has 0 aliphatic rings. The number of furan rings is 1. The monoisotopic (exact) mass is 200 g/mol. The Bertz CT molecular complexity index is 261. The summed E-state index contributed by atoms with van der Waals surface area (Å²) in [5, 5.41) is 2.63. The van der Waals surface area contributed by atoms with Crippen LogP contribution in [0.15, 0.2) is 22.8 Å². The first-order valence-corrected chi connectivity index (χ1v) is 4.54. The SMILES string of the molecule is NC(CS)C(=O)NCc1ccco1. The van der Waals surface area contributed by atoms with Crippen molar-refractivity contribution in [2.24, 2.45) is 5.73 Å². The minimum atomic E-state index is -0.557. The van der Waals surface area contributed by atoms with E-state index in [1.807, 2.05) is 0 Å². The van der Waals surface area contributed by atoms with E-state index in [-0.39, 0.29) is 5.91 Å². The van der Waals surface area contributed by atoms with Crippen LogP contribution in [0.1, 0.15) is 5.76 Å². The van der Waals surface area contributed by atoms with Gasteiger partial charge in [-0.2, -0.15) is 12.6 Å². The molecular weight excluding hydrogens is 188 g/mol. The third-order valence-electron chi connectivity index (χ3n) is 1.55. The zero-order valence-electron chi connectivity index (χ0n) is 7.06. The normalized spacial score (nSPS) is 12.5. The molecular formula is C8H12N2O2S. The van der Waals surface area contributed by atoms with E-state index in [0.29, 0.717) is 18.1 Å². The number of nitrogens with one attached hydrogen (secondary N) is 1. The van der Waals surface area contributed by atoms with Crippen LogP contribution >= 0.6 is 12.6 Å². The van der Waals surface area contributed by atoms with Crippen molar-refractivity contribution in [2.45, 2.75) is 12.6 Å². The predicted octanol–water partition coefficient (Wildman–Crippen LogP) is 0.153. The van der Waals surface area contributed by atoms with Gasteiger partial charge in [0.25, 0.3) is 0 Å². The number of rotatable bonds is 4. The van der Waals surface area contributed by atoms with Crippen molar-refractivity contribution in [1.82, 2.24) is 5.32 Å². The minimum Gasteiger partial charge on any atom is -0.467 e. The molecule has 4 nitrogen and oxygen atoms in total. The van der Waals surface area contributed by atoms with E-state index in [9.17, 15) is 4.79 Å². The maximum atomic E-state index is 11.1. The Morgan fingerprint density at radius 2 is 2.54 bits per heavy atom. The Hall–Kier alpha value is -0.940. The Morgan fingerprint density at radius 1 is 1.77 bits per heavy atom. The highest BCUT2D eigenvalue weighted by molar-refractivity contribution is 7.80. The van der Waals surface area contributed by atoms with Crippen LogP contribution in [0.3, 0.4) is 0 Å². The topological polar surface area (TPSA) is 68.3 Å². The summed E-state index contributed by atoms with van der Waals surface area (Å²) >= 11 is 3.91. The molecule has 0 spiro atoms. The zero-order valence-corrected chi connectivity index (χ0v) is 7.96. The Labute approximate surface area is 81.9 Å². The molecule has 0 aliphatic carbocycles. The van der Waals surface area contributed by atoms with Crippen LogP contribution in [0, 0.1) is 0 Å². The molecule has 0 saturated carbocycles. The van der Waals surface area contributed by atoms with Gasteiger partial charge in [0.2, 0.25) is 5.91 Å². The fraction of sp³-hybridized carbons (Fsp3) is 0.375. The molecule has 0 radical (unpaired) electrons. The van der Waals surface area contributed by atoms with Crippen molar-refractivity contribution in [3.63, 3.8) is 0 Å². The van der Waals surface area contributed by atoms with Gasteiger partial charge >= 0.3 is 0 Å². The maximum absolute atomic E-state index is 11.1. The molecule has 1 atom stereocenters. The van der Waals surface area contributed by atoms with Gasteiger partial charge in [-0.3, -0.25) is 4.79 Å². The number of hydrogen-bond acceptors (Lipinski definition) is 4. The van der Waals surface area contributed by atoms with E-state index in [1.54, 1.807) is 18.4 Å². The predicted molar refractivity (Wildman–Crippen MR) is 52.4 cm³/mol. The number of carbonyl (C=O) groups is 1. The first-order chi connectivity index (χ1) is 6.24. The molecule has 0 fully saturated rings. The first kappa shape index (κ1) is 10.1. The van der Waals surface area contributed by atoms with Crippen molar-refractivity contribution in [2.75, 3.05) is 5.75 Å². The van der Waals surface area contributed by atoms with E-state index >= 15 is 0 Å². The van der Waals surface area contributed by atoms with Crippen LogP contribution in [0.2, 0.25) is 0 Å². The third kappa shape index (κ3) is 3.12. The van der Waals surface area contributed by atoms with Crippen LogP contribution < -0.4 is 11.1 Å². The zero-order chi connectivity index (χ0) is 9.68. The van der Waals surface area contributed by atoms with Crippen molar-refractivity contribution in [3.8, 4) is 0 Å². The van der Waals surface area contributed by atoms with Gasteiger partial charge in [-0.05, 0) is 12.1 Å². The number of hydrogen-bond donors (Lipinski definition) is 3. The molecule has 1 unspecified atom stereocenters. The van der Waals surface area contributed by atoms with Gasteiger partial charge in [-0.25, -0.2) is 0 Å². The molecule has 1 amide bonds. The molecule has 1 rings (SSSR count). The van der Waals surface area contributed by atoms with Gasteiger partial charge in [0.15, 0.2) is 0 Å². The third-order valence-corrected chi connectivity index (χ3v) is 1.94. The summed E-state index contributed by atoms with van der Waals surface area (Å²) in [4.78, 5) is 11.1. The Morgan fingerprint density at radius 3 is 3.08 bits per heavy atom. The molecule has 1 aromatic rings. The van der Waals surface area contributed by atoms with Crippen molar-refractivity contribution in [1.29, 1.82) is 0 Å². The van der Waals surface area contributed by atoms with Crippen LogP contribution in [-0.4, -0.2) is 17.7 Å². The molecule has 0 saturated heterocycles. The lowest BCUT2D eigenvalue weighted by molar-refractivity contribution is -0.122. The largest absolute Gasteiger partial charge is 0.467 e. The molecule has 0 aromatic carbocycles. The maximum Gasteiger partial charge on any atom is 0.238 e. The molecule has 72 valence electrons. The number of thiol groups is 1. The van der Waals surface area contributed by atoms with E-state index in [1.165, 1.54) is 0 Å². The van der Waals surface area contributed by atoms with Crippen LogP contribution in [0.25, 0.3) is 0 Å². The summed E-state index contributed by atoms with van der Waals surface area (Å²) in [5.74, 6) is 0.829. The summed E-state index contributed by atoms with van der Waals surface area (Å²) in [6.45, 7) is 0.368. The number of carbonyl (C=O) groups excluding carboxylic acids is 1. The minimum absolute atomic E-state index is 0.216. The first-order valence-electron chi connectivity index (χ1n) is 3.90. The Balaban J connectivity index is 2.31. The number of nitrogens with two attached hydrogens (primary N) is 1. The summed E-state index contributed by atoms with van der Waals surface area (Å²) in [6, 6.07) is 2.99. The molecule has 5 heteroatoms. The fourth-order valence-corrected chi connectivity index (χ4v) is 0.967. The second-order valence-corrected chi connectivity index (χ2v) is 2.95. The lowest BCUT2D eigenvalue weighted by Crippen LogP contribution is -2.41. The molecule has 0 aliphatic heterocycles. The summed E-state index contributed by atoms with van der Waals surface area (Å²) < 4.78 is 5.02. The molecule has 1 heterocycles. The molecule has 0 bridgehead atoms. The summed E-state index contributed by atoms with van der Waals surface area (Å²) in [6.07, 6.45) is 1.56. The van der Waals surface area contributed by atoms with Gasteiger partial charge in [0.1, 0.15) is 5.76 Å². The highest BCUT2D eigenvalue weighted by Crippen LogP contribution is 1.98. The second kappa shape index (κ2) is 4.94. The standard InChI is InChI=1S/C8H12N2O2S/c9-7(5-13)8(11)10-4-6-2-1-3-12-6/h1-3,7,13H,4-5,9H2,(H,10,11). The van der Waals surface area contributed by atoms with Gasteiger partial charge in [0, 0.05) is 5.75 Å². The lowest BCUT2D eigenvalue weighted by atomic mass is 10.3. The van der Waals surface area contributed by atoms with Gasteiger partial charge < -0.3 is 15.5 Å². The lowest BCUT2D eigenvalue weighted by Gasteiger charge is -2.07. The smallest absolute Gasteiger partial charge is 0.238 e. The van der Waals surface area contributed by atoms with Gasteiger partial charge in [-0.15, -0.1) is 0 Å². The average molecular weight is 200 g/mol. The molecule has 3 N–H and O–H groups in total. The Kier molecular flexibility index (Phi) is 3.85. The van der Waals surface area contributed by atoms with Crippen molar-refractivity contribution >= 4 is 18.5 Å². The highest BCUT2D eigenvalue weighted by atomic mass is 32.1. The van der Waals surface area contributed by atoms with E-state index in [4.69, 9.17) is 10.2 Å². The van der Waals surface area contributed by atoms with E-state index in [2.05, 4.69) is 17.9 Å². The van der Waals surface area contributed by atoms with E-state index in [0.717, 1.165) is 0 Å². The summed E-state index contributed by atoms with van der Waals surface area (Å²) in [5.41, 5.74) is 5.44. The fourth-order valence-electron chi connectivity index (χ4n) is 0.801. The summed E-state index contributed by atoms with van der Waals surface area (Å²) in [7, 11) is 0. The van der Waals surface area contributed by atoms with E-state index < -0.39 is 6.04 Å².